The van der Waals surface area contributed by atoms with Gasteiger partial charge in [0.2, 0.25) is 0 Å². The van der Waals surface area contributed by atoms with Crippen molar-refractivity contribution in [2.75, 3.05) is 26.8 Å². The molecule has 1 aliphatic heterocycles. The number of hydrogen-bond donors (Lipinski definition) is 0. The monoisotopic (exact) mass is 380 g/mol. The van der Waals surface area contributed by atoms with E-state index in [0.29, 0.717) is 30.3 Å². The minimum atomic E-state index is -0.0163. The summed E-state index contributed by atoms with van der Waals surface area (Å²) < 4.78 is 12.8. The van der Waals surface area contributed by atoms with Crippen LogP contribution in [-0.4, -0.2) is 52.2 Å². The molecule has 1 saturated heterocycles. The maximum absolute atomic E-state index is 13.0. The fourth-order valence-electron chi connectivity index (χ4n) is 3.58. The molecule has 1 atom stereocenters. The van der Waals surface area contributed by atoms with Crippen molar-refractivity contribution in [3.63, 3.8) is 0 Å². The molecule has 1 amide bonds. The number of aromatic nitrogens is 3. The molecule has 2 aromatic heterocycles. The highest BCUT2D eigenvalue weighted by Gasteiger charge is 2.27. The van der Waals surface area contributed by atoms with Crippen LogP contribution in [0.4, 0.5) is 0 Å². The van der Waals surface area contributed by atoms with Gasteiger partial charge in [0.25, 0.3) is 5.91 Å². The number of carbonyl (C=O) groups is 1. The van der Waals surface area contributed by atoms with E-state index in [9.17, 15) is 4.79 Å². The molecule has 0 N–H and O–H groups in total. The molecule has 1 aromatic carbocycles. The Hall–Kier alpha value is -3.09. The van der Waals surface area contributed by atoms with Gasteiger partial charge in [0.05, 0.1) is 19.9 Å². The average molecular weight is 380 g/mol. The quantitative estimate of drug-likeness (QED) is 0.681. The summed E-state index contributed by atoms with van der Waals surface area (Å²) in [5.74, 6) is 1.83. The van der Waals surface area contributed by atoms with Crippen LogP contribution in [0.2, 0.25) is 0 Å². The van der Waals surface area contributed by atoms with E-state index in [4.69, 9.17) is 9.47 Å². The maximum Gasteiger partial charge on any atom is 0.259 e. The smallest absolute Gasteiger partial charge is 0.259 e. The number of ether oxygens (including phenoxy) is 2. The summed E-state index contributed by atoms with van der Waals surface area (Å²) >= 11 is 0. The van der Waals surface area contributed by atoms with Gasteiger partial charge >= 0.3 is 0 Å². The molecule has 7 nitrogen and oxygen atoms in total. The highest BCUT2D eigenvalue weighted by molar-refractivity contribution is 5.99. The van der Waals surface area contributed by atoms with Crippen LogP contribution in [0, 0.1) is 12.8 Å². The SMILES string of the molecule is COc1cccc(OC[C@@H]2CCCN(C(=O)c3cnn4cc(C)cnc34)C2)c1. The van der Waals surface area contributed by atoms with Gasteiger partial charge in [0.1, 0.15) is 17.1 Å². The van der Waals surface area contributed by atoms with Crippen molar-refractivity contribution in [2.45, 2.75) is 19.8 Å². The van der Waals surface area contributed by atoms with Crippen molar-refractivity contribution in [1.82, 2.24) is 19.5 Å². The number of rotatable bonds is 5. The highest BCUT2D eigenvalue weighted by Crippen LogP contribution is 2.23. The Morgan fingerprint density at radius 1 is 1.29 bits per heavy atom. The second-order valence-corrected chi connectivity index (χ2v) is 7.21. The molecular formula is C21H24N4O3. The van der Waals surface area contributed by atoms with E-state index in [2.05, 4.69) is 10.1 Å². The normalized spacial score (nSPS) is 16.9. The standard InChI is InChI=1S/C21H24N4O3/c1-15-10-22-20-19(11-23-25(20)12-15)21(26)24-8-4-5-16(13-24)14-28-18-7-3-6-17(9-18)27-2/h3,6-7,9-12,16H,4-5,8,13-14H2,1-2H3/t16-/m1/s1. The molecule has 3 heterocycles. The molecule has 0 aliphatic carbocycles. The third-order valence-electron chi connectivity index (χ3n) is 5.05. The Bertz CT molecular complexity index is 985. The van der Waals surface area contributed by atoms with Gasteiger partial charge in [-0.15, -0.1) is 0 Å². The number of hydrogen-bond acceptors (Lipinski definition) is 5. The van der Waals surface area contributed by atoms with Gasteiger partial charge in [0, 0.05) is 37.5 Å². The maximum atomic E-state index is 13.0. The first kappa shape index (κ1) is 18.3. The number of fused-ring (bicyclic) bond motifs is 1. The van der Waals surface area contributed by atoms with E-state index in [1.165, 1.54) is 0 Å². The Labute approximate surface area is 163 Å². The summed E-state index contributed by atoms with van der Waals surface area (Å²) in [4.78, 5) is 19.3. The lowest BCUT2D eigenvalue weighted by Gasteiger charge is -2.32. The van der Waals surface area contributed by atoms with E-state index < -0.39 is 0 Å². The fourth-order valence-corrected chi connectivity index (χ4v) is 3.58. The van der Waals surface area contributed by atoms with Crippen LogP contribution < -0.4 is 9.47 Å². The number of likely N-dealkylation sites (tertiary alicyclic amines) is 1. The summed E-state index contributed by atoms with van der Waals surface area (Å²) in [5, 5.41) is 4.28. The second kappa shape index (κ2) is 7.88. The molecule has 0 radical (unpaired) electrons. The van der Waals surface area contributed by atoms with Gasteiger partial charge in [0.15, 0.2) is 5.65 Å². The molecule has 3 aromatic rings. The Morgan fingerprint density at radius 2 is 2.14 bits per heavy atom. The predicted molar refractivity (Wildman–Crippen MR) is 105 cm³/mol. The van der Waals surface area contributed by atoms with E-state index in [0.717, 1.165) is 36.4 Å². The lowest BCUT2D eigenvalue weighted by atomic mass is 9.98. The van der Waals surface area contributed by atoms with Gasteiger partial charge in [-0.1, -0.05) is 6.07 Å². The van der Waals surface area contributed by atoms with Crippen LogP contribution in [0.1, 0.15) is 28.8 Å². The zero-order valence-electron chi connectivity index (χ0n) is 16.2. The van der Waals surface area contributed by atoms with Crippen molar-refractivity contribution in [2.24, 2.45) is 5.92 Å². The third kappa shape index (κ3) is 3.78. The molecule has 0 spiro atoms. The number of amides is 1. The number of methoxy groups -OCH3 is 1. The van der Waals surface area contributed by atoms with Crippen molar-refractivity contribution in [3.05, 3.63) is 54.0 Å². The van der Waals surface area contributed by atoms with Gasteiger partial charge in [-0.3, -0.25) is 4.79 Å². The Morgan fingerprint density at radius 3 is 3.00 bits per heavy atom. The first-order valence-corrected chi connectivity index (χ1v) is 9.50. The first-order valence-electron chi connectivity index (χ1n) is 9.50. The average Bonchev–Trinajstić information content (AvgIpc) is 3.15. The summed E-state index contributed by atoms with van der Waals surface area (Å²) in [6.45, 7) is 3.94. The summed E-state index contributed by atoms with van der Waals surface area (Å²) in [5.41, 5.74) is 2.15. The minimum absolute atomic E-state index is 0.0163. The molecule has 146 valence electrons. The van der Waals surface area contributed by atoms with E-state index in [1.54, 1.807) is 24.0 Å². The van der Waals surface area contributed by atoms with Crippen LogP contribution >= 0.6 is 0 Å². The number of piperidine rings is 1. The number of nitrogens with zero attached hydrogens (tertiary/aromatic N) is 4. The lowest BCUT2D eigenvalue weighted by molar-refractivity contribution is 0.0635. The van der Waals surface area contributed by atoms with Gasteiger partial charge in [-0.25, -0.2) is 9.50 Å². The van der Waals surface area contributed by atoms with Crippen molar-refractivity contribution >= 4 is 11.6 Å². The third-order valence-corrected chi connectivity index (χ3v) is 5.05. The number of carbonyl (C=O) groups excluding carboxylic acids is 1. The topological polar surface area (TPSA) is 69.0 Å². The van der Waals surface area contributed by atoms with Gasteiger partial charge in [-0.2, -0.15) is 5.10 Å². The molecule has 0 bridgehead atoms. The first-order chi connectivity index (χ1) is 13.6. The molecular weight excluding hydrogens is 356 g/mol. The molecule has 28 heavy (non-hydrogen) atoms. The van der Waals surface area contributed by atoms with Crippen LogP contribution in [0.15, 0.2) is 42.9 Å². The highest BCUT2D eigenvalue weighted by atomic mass is 16.5. The van der Waals surface area contributed by atoms with Crippen molar-refractivity contribution < 1.29 is 14.3 Å². The van der Waals surface area contributed by atoms with Crippen LogP contribution in [0.3, 0.4) is 0 Å². The molecule has 0 unspecified atom stereocenters. The molecule has 7 heteroatoms. The Balaban J connectivity index is 1.42. The van der Waals surface area contributed by atoms with Crippen molar-refractivity contribution in [3.8, 4) is 11.5 Å². The van der Waals surface area contributed by atoms with Gasteiger partial charge in [-0.05, 0) is 37.5 Å². The molecule has 1 aliphatic rings. The zero-order valence-corrected chi connectivity index (χ0v) is 16.2. The Kier molecular flexibility index (Phi) is 5.14. The molecule has 1 fully saturated rings. The summed E-state index contributed by atoms with van der Waals surface area (Å²) in [7, 11) is 1.64. The predicted octanol–water partition coefficient (Wildman–Crippen LogP) is 2.98. The second-order valence-electron chi connectivity index (χ2n) is 7.21. The number of aryl methyl sites for hydroxylation is 1. The lowest BCUT2D eigenvalue weighted by Crippen LogP contribution is -2.41. The van der Waals surface area contributed by atoms with Gasteiger partial charge < -0.3 is 14.4 Å². The van der Waals surface area contributed by atoms with E-state index in [-0.39, 0.29) is 5.91 Å². The van der Waals surface area contributed by atoms with Crippen molar-refractivity contribution in [1.29, 1.82) is 0 Å². The van der Waals surface area contributed by atoms with E-state index >= 15 is 0 Å². The summed E-state index contributed by atoms with van der Waals surface area (Å²) in [6, 6.07) is 7.59. The summed E-state index contributed by atoms with van der Waals surface area (Å²) in [6.07, 6.45) is 7.25. The molecule has 4 rings (SSSR count). The zero-order chi connectivity index (χ0) is 19.5. The van der Waals surface area contributed by atoms with Crippen LogP contribution in [0.25, 0.3) is 5.65 Å². The van der Waals surface area contributed by atoms with E-state index in [1.807, 2.05) is 42.3 Å². The molecule has 0 saturated carbocycles. The largest absolute Gasteiger partial charge is 0.497 e. The number of benzene rings is 1. The minimum Gasteiger partial charge on any atom is -0.497 e. The fraction of sp³-hybridized carbons (Fsp3) is 0.381. The van der Waals surface area contributed by atoms with Crippen LogP contribution in [-0.2, 0) is 0 Å². The van der Waals surface area contributed by atoms with Crippen LogP contribution in [0.5, 0.6) is 11.5 Å².